The van der Waals surface area contributed by atoms with Crippen molar-refractivity contribution >= 4 is 60.8 Å². The largest absolute Gasteiger partial charge is 0.456 e. The Kier molecular flexibility index (Phi) is 6.81. The van der Waals surface area contributed by atoms with Gasteiger partial charge in [-0.2, -0.15) is 0 Å². The van der Waals surface area contributed by atoms with Gasteiger partial charge in [0.2, 0.25) is 0 Å². The molecule has 51 heavy (non-hydrogen) atoms. The first-order chi connectivity index (χ1) is 25.3. The molecule has 240 valence electrons. The first-order valence-corrected chi connectivity index (χ1v) is 17.4. The SMILES string of the molecule is c1ccc(N(c2ccccc2)c2ccccc2-c2cccc(-c3ccc4c(c3)c3ccccc3n4-c3ccc4oc5ccccc5c4c3)c2)cc1. The molecular weight excluding hydrogens is 621 g/mol. The first-order valence-electron chi connectivity index (χ1n) is 17.4. The molecule has 3 heteroatoms. The minimum atomic E-state index is 0.903. The van der Waals surface area contributed by atoms with Crippen molar-refractivity contribution in [3.63, 3.8) is 0 Å². The van der Waals surface area contributed by atoms with E-state index in [1.165, 1.54) is 44.1 Å². The fourth-order valence-corrected chi connectivity index (χ4v) is 7.64. The highest BCUT2D eigenvalue weighted by Crippen LogP contribution is 2.42. The lowest BCUT2D eigenvalue weighted by atomic mass is 9.96. The van der Waals surface area contributed by atoms with Crippen LogP contribution in [0.5, 0.6) is 0 Å². The van der Waals surface area contributed by atoms with Crippen molar-refractivity contribution in [2.24, 2.45) is 0 Å². The molecule has 0 bridgehead atoms. The number of aromatic nitrogens is 1. The Hall–Kier alpha value is -6.84. The fraction of sp³-hybridized carbons (Fsp3) is 0. The van der Waals surface area contributed by atoms with Crippen LogP contribution in [-0.4, -0.2) is 4.57 Å². The van der Waals surface area contributed by atoms with Crippen LogP contribution in [0.2, 0.25) is 0 Å². The zero-order valence-corrected chi connectivity index (χ0v) is 27.8. The Morgan fingerprint density at radius 2 is 1.00 bits per heavy atom. The highest BCUT2D eigenvalue weighted by molar-refractivity contribution is 6.11. The molecule has 0 aliphatic carbocycles. The molecule has 2 heterocycles. The maximum atomic E-state index is 6.16. The minimum Gasteiger partial charge on any atom is -0.456 e. The van der Waals surface area contributed by atoms with E-state index in [0.29, 0.717) is 0 Å². The van der Waals surface area contributed by atoms with Crippen LogP contribution in [0.3, 0.4) is 0 Å². The standard InChI is InChI=1S/C48H32N2O/c1-3-16-36(17-4-1)49(37-18-5-2-6-19-37)44-23-10-7-20-39(44)35-15-13-14-33(30-35)34-26-28-46-42(31-34)40-21-8-11-24-45(40)50(46)38-27-29-48-43(32-38)41-22-9-12-25-47(41)51-48/h1-32H. The van der Waals surface area contributed by atoms with Crippen LogP contribution in [-0.2, 0) is 0 Å². The van der Waals surface area contributed by atoms with Gasteiger partial charge in [-0.05, 0) is 95.6 Å². The second kappa shape index (κ2) is 11.9. The number of para-hydroxylation sites is 5. The Bertz CT molecular complexity index is 2830. The Labute approximate surface area is 295 Å². The van der Waals surface area contributed by atoms with Gasteiger partial charge in [0.25, 0.3) is 0 Å². The van der Waals surface area contributed by atoms with E-state index in [1.54, 1.807) is 0 Å². The third-order valence-corrected chi connectivity index (χ3v) is 9.97. The van der Waals surface area contributed by atoms with Crippen LogP contribution in [0.25, 0.3) is 71.7 Å². The zero-order valence-electron chi connectivity index (χ0n) is 27.8. The molecule has 3 nitrogen and oxygen atoms in total. The Morgan fingerprint density at radius 1 is 0.373 bits per heavy atom. The molecule has 0 saturated heterocycles. The van der Waals surface area contributed by atoms with E-state index in [-0.39, 0.29) is 0 Å². The molecule has 0 atom stereocenters. The summed E-state index contributed by atoms with van der Waals surface area (Å²) >= 11 is 0. The molecule has 0 amide bonds. The van der Waals surface area contributed by atoms with Gasteiger partial charge in [-0.25, -0.2) is 0 Å². The summed E-state index contributed by atoms with van der Waals surface area (Å²) in [5, 5.41) is 4.72. The summed E-state index contributed by atoms with van der Waals surface area (Å²) in [6.45, 7) is 0. The summed E-state index contributed by atoms with van der Waals surface area (Å²) in [4.78, 5) is 2.34. The number of hydrogen-bond donors (Lipinski definition) is 0. The molecule has 0 unspecified atom stereocenters. The molecule has 0 fully saturated rings. The van der Waals surface area contributed by atoms with Crippen LogP contribution >= 0.6 is 0 Å². The van der Waals surface area contributed by atoms with Crippen molar-refractivity contribution in [2.45, 2.75) is 0 Å². The van der Waals surface area contributed by atoms with Crippen LogP contribution in [0.1, 0.15) is 0 Å². The van der Waals surface area contributed by atoms with Crippen LogP contribution in [0.4, 0.5) is 17.1 Å². The summed E-state index contributed by atoms with van der Waals surface area (Å²) in [5.74, 6) is 0. The monoisotopic (exact) mass is 652 g/mol. The lowest BCUT2D eigenvalue weighted by Gasteiger charge is -2.27. The van der Waals surface area contributed by atoms with Crippen molar-refractivity contribution in [3.05, 3.63) is 194 Å². The molecule has 0 aliphatic rings. The van der Waals surface area contributed by atoms with Crippen LogP contribution in [0.15, 0.2) is 199 Å². The van der Waals surface area contributed by atoms with E-state index in [9.17, 15) is 0 Å². The number of nitrogens with zero attached hydrogens (tertiary/aromatic N) is 2. The number of hydrogen-bond acceptors (Lipinski definition) is 2. The third-order valence-electron chi connectivity index (χ3n) is 9.97. The van der Waals surface area contributed by atoms with E-state index in [4.69, 9.17) is 4.42 Å². The normalized spacial score (nSPS) is 11.5. The molecule has 0 saturated carbocycles. The van der Waals surface area contributed by atoms with Gasteiger partial charge >= 0.3 is 0 Å². The molecule has 0 spiro atoms. The number of rotatable bonds is 6. The third kappa shape index (κ3) is 4.90. The van der Waals surface area contributed by atoms with Crippen molar-refractivity contribution < 1.29 is 4.42 Å². The number of anilines is 3. The highest BCUT2D eigenvalue weighted by atomic mass is 16.3. The summed E-state index contributed by atoms with van der Waals surface area (Å²) in [7, 11) is 0. The van der Waals surface area contributed by atoms with Crippen molar-refractivity contribution in [2.75, 3.05) is 4.90 Å². The summed E-state index contributed by atoms with van der Waals surface area (Å²) in [6, 6.07) is 69.2. The first kappa shape index (κ1) is 29.1. The average Bonchev–Trinajstić information content (AvgIpc) is 3.74. The molecule has 8 aromatic carbocycles. The fourth-order valence-electron chi connectivity index (χ4n) is 7.64. The second-order valence-corrected chi connectivity index (χ2v) is 13.0. The van der Waals surface area contributed by atoms with Gasteiger partial charge in [0.1, 0.15) is 11.2 Å². The van der Waals surface area contributed by atoms with Gasteiger partial charge in [0, 0.05) is 44.2 Å². The Morgan fingerprint density at radius 3 is 1.82 bits per heavy atom. The van der Waals surface area contributed by atoms with Crippen molar-refractivity contribution in [1.29, 1.82) is 0 Å². The predicted octanol–water partition coefficient (Wildman–Crippen LogP) is 13.5. The summed E-state index contributed by atoms with van der Waals surface area (Å²) in [6.07, 6.45) is 0. The lowest BCUT2D eigenvalue weighted by molar-refractivity contribution is 0.669. The van der Waals surface area contributed by atoms with Gasteiger partial charge in [0.15, 0.2) is 0 Å². The average molecular weight is 653 g/mol. The molecule has 10 rings (SSSR count). The van der Waals surface area contributed by atoms with E-state index in [0.717, 1.165) is 44.7 Å². The smallest absolute Gasteiger partial charge is 0.135 e. The van der Waals surface area contributed by atoms with Gasteiger partial charge in [-0.1, -0.05) is 115 Å². The minimum absolute atomic E-state index is 0.903. The number of fused-ring (bicyclic) bond motifs is 6. The zero-order chi connectivity index (χ0) is 33.7. The second-order valence-electron chi connectivity index (χ2n) is 13.0. The molecule has 0 aliphatic heterocycles. The molecular formula is C48H32N2O. The maximum absolute atomic E-state index is 6.16. The maximum Gasteiger partial charge on any atom is 0.135 e. The van der Waals surface area contributed by atoms with Crippen LogP contribution in [0, 0.1) is 0 Å². The van der Waals surface area contributed by atoms with Gasteiger partial charge in [-0.3, -0.25) is 0 Å². The van der Waals surface area contributed by atoms with Gasteiger partial charge in [0.05, 0.1) is 16.7 Å². The van der Waals surface area contributed by atoms with Crippen molar-refractivity contribution in [3.8, 4) is 27.9 Å². The van der Waals surface area contributed by atoms with E-state index in [1.807, 2.05) is 12.1 Å². The molecule has 10 aromatic rings. The van der Waals surface area contributed by atoms with E-state index in [2.05, 4.69) is 191 Å². The molecule has 2 aromatic heterocycles. The number of furan rings is 1. The highest BCUT2D eigenvalue weighted by Gasteiger charge is 2.18. The summed E-state index contributed by atoms with van der Waals surface area (Å²) in [5.41, 5.74) is 13.4. The predicted molar refractivity (Wildman–Crippen MR) is 214 cm³/mol. The summed E-state index contributed by atoms with van der Waals surface area (Å²) < 4.78 is 8.54. The van der Waals surface area contributed by atoms with Crippen molar-refractivity contribution in [1.82, 2.24) is 4.57 Å². The van der Waals surface area contributed by atoms with E-state index < -0.39 is 0 Å². The lowest BCUT2D eigenvalue weighted by Crippen LogP contribution is -2.10. The quantitative estimate of drug-likeness (QED) is 0.178. The van der Waals surface area contributed by atoms with E-state index >= 15 is 0 Å². The molecule has 0 radical (unpaired) electrons. The van der Waals surface area contributed by atoms with Gasteiger partial charge < -0.3 is 13.9 Å². The number of benzene rings is 8. The Balaban J connectivity index is 1.10. The molecule has 0 N–H and O–H groups in total. The van der Waals surface area contributed by atoms with Gasteiger partial charge in [-0.15, -0.1) is 0 Å². The van der Waals surface area contributed by atoms with Crippen LogP contribution < -0.4 is 4.90 Å². The topological polar surface area (TPSA) is 21.3 Å².